The van der Waals surface area contributed by atoms with Gasteiger partial charge in [0, 0.05) is 18.5 Å². The molecule has 0 bridgehead atoms. The summed E-state index contributed by atoms with van der Waals surface area (Å²) < 4.78 is 10.5. The average Bonchev–Trinajstić information content (AvgIpc) is 2.28. The van der Waals surface area contributed by atoms with Crippen LogP contribution < -0.4 is 10.6 Å². The Morgan fingerprint density at radius 1 is 1.29 bits per heavy atom. The van der Waals surface area contributed by atoms with E-state index in [1.165, 1.54) is 0 Å². The first kappa shape index (κ1) is 18.2. The minimum atomic E-state index is -0.450. The number of nitrogens with one attached hydrogen (secondary N) is 2. The van der Waals surface area contributed by atoms with Gasteiger partial charge in [-0.15, -0.1) is 0 Å². The first-order valence-corrected chi connectivity index (χ1v) is 7.87. The van der Waals surface area contributed by atoms with E-state index in [2.05, 4.69) is 31.4 Å². The van der Waals surface area contributed by atoms with Crippen LogP contribution in [0.3, 0.4) is 0 Å². The summed E-state index contributed by atoms with van der Waals surface area (Å²) in [4.78, 5) is 11.7. The second kappa shape index (κ2) is 7.45. The molecule has 1 aliphatic rings. The topological polar surface area (TPSA) is 59.6 Å². The molecule has 1 fully saturated rings. The third-order valence-electron chi connectivity index (χ3n) is 3.71. The molecule has 1 atom stereocenters. The third-order valence-corrected chi connectivity index (χ3v) is 3.71. The average molecular weight is 300 g/mol. The summed E-state index contributed by atoms with van der Waals surface area (Å²) in [6, 6.07) is 0. The van der Waals surface area contributed by atoms with Gasteiger partial charge in [0.25, 0.3) is 0 Å². The zero-order chi connectivity index (χ0) is 16.1. The predicted octanol–water partition coefficient (Wildman–Crippen LogP) is 2.41. The van der Waals surface area contributed by atoms with E-state index in [9.17, 15) is 4.79 Å². The summed E-state index contributed by atoms with van der Waals surface area (Å²) >= 11 is 0. The van der Waals surface area contributed by atoms with Crippen LogP contribution in [0.1, 0.15) is 41.5 Å². The Balaban J connectivity index is 2.27. The number of rotatable bonds is 7. The van der Waals surface area contributed by atoms with Gasteiger partial charge in [0.1, 0.15) is 5.60 Å². The van der Waals surface area contributed by atoms with Crippen molar-refractivity contribution in [1.82, 2.24) is 10.6 Å². The molecule has 1 amide bonds. The lowest BCUT2D eigenvalue weighted by atomic mass is 9.88. The largest absolute Gasteiger partial charge is 0.444 e. The number of alkyl carbamates (subject to hydrolysis) is 1. The summed E-state index contributed by atoms with van der Waals surface area (Å²) in [5.74, 6) is 0.889. The van der Waals surface area contributed by atoms with Crippen LogP contribution in [0.25, 0.3) is 0 Å². The fraction of sp³-hybridized carbons (Fsp3) is 0.938. The Kier molecular flexibility index (Phi) is 6.47. The highest BCUT2D eigenvalue weighted by Crippen LogP contribution is 2.25. The molecule has 0 aliphatic carbocycles. The molecule has 5 nitrogen and oxygen atoms in total. The van der Waals surface area contributed by atoms with Crippen LogP contribution in [-0.2, 0) is 9.47 Å². The highest BCUT2D eigenvalue weighted by Gasteiger charge is 2.33. The maximum absolute atomic E-state index is 11.7. The molecule has 2 N–H and O–H groups in total. The van der Waals surface area contributed by atoms with Crippen LogP contribution >= 0.6 is 0 Å². The summed E-state index contributed by atoms with van der Waals surface area (Å²) in [6.45, 7) is 16.4. The number of hydrogen-bond donors (Lipinski definition) is 2. The Morgan fingerprint density at radius 2 is 1.90 bits per heavy atom. The van der Waals surface area contributed by atoms with Crippen molar-refractivity contribution < 1.29 is 14.3 Å². The SMILES string of the molecule is CC(C)C(CNCC1(C)COC1)CNC(=O)OC(C)(C)C. The van der Waals surface area contributed by atoms with Gasteiger partial charge in [0.15, 0.2) is 0 Å². The zero-order valence-electron chi connectivity index (χ0n) is 14.4. The van der Waals surface area contributed by atoms with E-state index in [-0.39, 0.29) is 11.5 Å². The van der Waals surface area contributed by atoms with Crippen molar-refractivity contribution in [3.63, 3.8) is 0 Å². The molecule has 1 rings (SSSR count). The zero-order valence-corrected chi connectivity index (χ0v) is 14.4. The second-order valence-corrected chi connectivity index (χ2v) is 7.82. The fourth-order valence-electron chi connectivity index (χ4n) is 2.18. The molecular formula is C16H32N2O3. The van der Waals surface area contributed by atoms with Gasteiger partial charge in [-0.05, 0) is 39.2 Å². The highest BCUT2D eigenvalue weighted by atomic mass is 16.6. The number of amides is 1. The van der Waals surface area contributed by atoms with Crippen molar-refractivity contribution in [3.05, 3.63) is 0 Å². The Labute approximate surface area is 129 Å². The van der Waals surface area contributed by atoms with E-state index in [4.69, 9.17) is 9.47 Å². The number of ether oxygens (including phenoxy) is 2. The number of hydrogen-bond acceptors (Lipinski definition) is 4. The van der Waals surface area contributed by atoms with Crippen LogP contribution in [-0.4, -0.2) is 44.5 Å². The minimum absolute atomic E-state index is 0.278. The molecule has 1 aliphatic heterocycles. The van der Waals surface area contributed by atoms with Gasteiger partial charge in [-0.1, -0.05) is 20.8 Å². The Hall–Kier alpha value is -0.810. The monoisotopic (exact) mass is 300 g/mol. The summed E-state index contributed by atoms with van der Waals surface area (Å²) in [5, 5.41) is 6.38. The van der Waals surface area contributed by atoms with Gasteiger partial charge >= 0.3 is 6.09 Å². The molecule has 0 aromatic heterocycles. The van der Waals surface area contributed by atoms with E-state index in [1.54, 1.807) is 0 Å². The molecule has 0 spiro atoms. The predicted molar refractivity (Wildman–Crippen MR) is 84.4 cm³/mol. The first-order chi connectivity index (χ1) is 9.61. The van der Waals surface area contributed by atoms with Crippen molar-refractivity contribution >= 4 is 6.09 Å². The molecule has 0 radical (unpaired) electrons. The maximum Gasteiger partial charge on any atom is 0.407 e. The van der Waals surface area contributed by atoms with Crippen molar-refractivity contribution in [1.29, 1.82) is 0 Å². The van der Waals surface area contributed by atoms with Crippen LogP contribution in [0.5, 0.6) is 0 Å². The van der Waals surface area contributed by atoms with E-state index in [0.717, 1.165) is 26.3 Å². The lowest BCUT2D eigenvalue weighted by Gasteiger charge is -2.38. The third kappa shape index (κ3) is 7.14. The van der Waals surface area contributed by atoms with Gasteiger partial charge in [-0.3, -0.25) is 0 Å². The Bertz CT molecular complexity index is 333. The summed E-state index contributed by atoms with van der Waals surface area (Å²) in [7, 11) is 0. The van der Waals surface area contributed by atoms with Gasteiger partial charge < -0.3 is 20.1 Å². The standard InChI is InChI=1S/C16H32N2O3/c1-12(2)13(7-17-9-16(6)10-20-11-16)8-18-14(19)21-15(3,4)5/h12-13,17H,7-11H2,1-6H3,(H,18,19). The van der Waals surface area contributed by atoms with Crippen molar-refractivity contribution in [2.45, 2.75) is 47.1 Å². The molecular weight excluding hydrogens is 268 g/mol. The molecule has 0 aromatic carbocycles. The summed E-state index contributed by atoms with van der Waals surface area (Å²) in [6.07, 6.45) is -0.340. The van der Waals surface area contributed by atoms with Crippen LogP contribution in [0.15, 0.2) is 0 Å². The highest BCUT2D eigenvalue weighted by molar-refractivity contribution is 5.67. The van der Waals surface area contributed by atoms with Crippen LogP contribution in [0.4, 0.5) is 4.79 Å². The summed E-state index contributed by atoms with van der Waals surface area (Å²) in [5.41, 5.74) is -0.172. The van der Waals surface area contributed by atoms with Crippen molar-refractivity contribution in [2.75, 3.05) is 32.8 Å². The van der Waals surface area contributed by atoms with E-state index in [1.807, 2.05) is 20.8 Å². The van der Waals surface area contributed by atoms with Gasteiger partial charge in [-0.25, -0.2) is 4.79 Å². The van der Waals surface area contributed by atoms with E-state index in [0.29, 0.717) is 18.4 Å². The van der Waals surface area contributed by atoms with E-state index < -0.39 is 5.60 Å². The number of carbonyl (C=O) groups is 1. The second-order valence-electron chi connectivity index (χ2n) is 7.82. The number of carbonyl (C=O) groups excluding carboxylic acids is 1. The molecule has 5 heteroatoms. The quantitative estimate of drug-likeness (QED) is 0.758. The first-order valence-electron chi connectivity index (χ1n) is 7.87. The van der Waals surface area contributed by atoms with Crippen LogP contribution in [0.2, 0.25) is 0 Å². The lowest BCUT2D eigenvalue weighted by molar-refractivity contribution is -0.0993. The lowest BCUT2D eigenvalue weighted by Crippen LogP contribution is -2.49. The van der Waals surface area contributed by atoms with Gasteiger partial charge in [0.05, 0.1) is 13.2 Å². The van der Waals surface area contributed by atoms with Gasteiger partial charge in [-0.2, -0.15) is 0 Å². The maximum atomic E-state index is 11.7. The molecule has 21 heavy (non-hydrogen) atoms. The fourth-order valence-corrected chi connectivity index (χ4v) is 2.18. The molecule has 1 unspecified atom stereocenters. The molecule has 0 aromatic rings. The van der Waals surface area contributed by atoms with Gasteiger partial charge in [0.2, 0.25) is 0 Å². The van der Waals surface area contributed by atoms with E-state index >= 15 is 0 Å². The molecule has 0 saturated carbocycles. The Morgan fingerprint density at radius 3 is 2.33 bits per heavy atom. The molecule has 1 heterocycles. The van der Waals surface area contributed by atoms with Crippen LogP contribution in [0, 0.1) is 17.3 Å². The minimum Gasteiger partial charge on any atom is -0.444 e. The molecule has 124 valence electrons. The normalized spacial score (nSPS) is 19.0. The van der Waals surface area contributed by atoms with Crippen molar-refractivity contribution in [2.24, 2.45) is 17.3 Å². The molecule has 1 saturated heterocycles. The smallest absolute Gasteiger partial charge is 0.407 e. The van der Waals surface area contributed by atoms with Crippen molar-refractivity contribution in [3.8, 4) is 0 Å².